The number of hydrogen-bond acceptors (Lipinski definition) is 6. The van der Waals surface area contributed by atoms with E-state index in [1.807, 2.05) is 18.2 Å². The number of nitrogens with two attached hydrogens (primary N) is 1. The number of hydrogen-bond donors (Lipinski definition) is 4. The van der Waals surface area contributed by atoms with Crippen molar-refractivity contribution < 1.29 is 4.79 Å². The molecule has 0 atom stereocenters. The van der Waals surface area contributed by atoms with Gasteiger partial charge in [0.15, 0.2) is 11.6 Å². The van der Waals surface area contributed by atoms with Crippen LogP contribution in [0.4, 0.5) is 23.0 Å². The van der Waals surface area contributed by atoms with E-state index in [0.717, 1.165) is 12.1 Å². The number of aromatic nitrogens is 2. The summed E-state index contributed by atoms with van der Waals surface area (Å²) in [5.41, 5.74) is 14.5. The summed E-state index contributed by atoms with van der Waals surface area (Å²) in [5.74, 6) is 0.505. The minimum absolute atomic E-state index is 0.282. The van der Waals surface area contributed by atoms with Crippen LogP contribution in [0.25, 0.3) is 0 Å². The molecule has 0 aliphatic carbocycles. The molecule has 0 radical (unpaired) electrons. The van der Waals surface area contributed by atoms with Crippen molar-refractivity contribution in [3.63, 3.8) is 0 Å². The van der Waals surface area contributed by atoms with Gasteiger partial charge in [-0.2, -0.15) is 0 Å². The third-order valence-corrected chi connectivity index (χ3v) is 4.25. The highest BCUT2D eigenvalue weighted by Gasteiger charge is 2.10. The smallest absolute Gasteiger partial charge is 0.269 e. The molecule has 1 aromatic heterocycles. The average Bonchev–Trinajstić information content (AvgIpc) is 2.74. The number of benzene rings is 2. The van der Waals surface area contributed by atoms with Crippen LogP contribution in [0.1, 0.15) is 35.7 Å². The Kier molecular flexibility index (Phi) is 6.41. The van der Waals surface area contributed by atoms with Gasteiger partial charge in [0.1, 0.15) is 12.0 Å². The van der Waals surface area contributed by atoms with E-state index in [0.29, 0.717) is 22.9 Å². The third kappa shape index (κ3) is 4.97. The molecule has 0 saturated carbocycles. The van der Waals surface area contributed by atoms with Gasteiger partial charge in [0, 0.05) is 11.3 Å². The van der Waals surface area contributed by atoms with Gasteiger partial charge in [-0.1, -0.05) is 43.7 Å². The highest BCUT2D eigenvalue weighted by atomic mass is 16.2. The van der Waals surface area contributed by atoms with Gasteiger partial charge >= 0.3 is 0 Å². The Bertz CT molecular complexity index is 912. The molecule has 2 aromatic carbocycles. The number of carbonyl (C=O) groups is 1. The number of hydrazine groups is 1. The number of nitrogens with zero attached hydrogens (tertiary/aromatic N) is 2. The van der Waals surface area contributed by atoms with Crippen molar-refractivity contribution in [2.75, 3.05) is 16.5 Å². The van der Waals surface area contributed by atoms with E-state index in [9.17, 15) is 4.79 Å². The number of carbonyl (C=O) groups excluding carboxylic acids is 1. The largest absolute Gasteiger partial charge is 0.393 e. The first-order valence-corrected chi connectivity index (χ1v) is 9.25. The quantitative estimate of drug-likeness (QED) is 0.444. The predicted octanol–water partition coefficient (Wildman–Crippen LogP) is 3.90. The van der Waals surface area contributed by atoms with Crippen molar-refractivity contribution in [2.24, 2.45) is 0 Å². The molecule has 1 heterocycles. The SMILES string of the molecule is CCCCc1ccc(Nc2ncnc(NNC(=O)c3ccccc3)c2N)cc1. The molecule has 3 rings (SSSR count). The zero-order valence-corrected chi connectivity index (χ0v) is 15.8. The lowest BCUT2D eigenvalue weighted by molar-refractivity contribution is 0.0962. The van der Waals surface area contributed by atoms with E-state index >= 15 is 0 Å². The number of nitrogen functional groups attached to an aromatic ring is 1. The van der Waals surface area contributed by atoms with Gasteiger partial charge in [0.2, 0.25) is 0 Å². The molecule has 0 unspecified atom stereocenters. The Morgan fingerprint density at radius 3 is 2.43 bits per heavy atom. The van der Waals surface area contributed by atoms with Crippen LogP contribution >= 0.6 is 0 Å². The standard InChI is InChI=1S/C21H24N6O/c1-2-3-7-15-10-12-17(13-11-15)25-19-18(22)20(24-14-23-19)26-27-21(28)16-8-5-4-6-9-16/h4-6,8-14H,2-3,7,22H2,1H3,(H,27,28)(H2,23,24,25,26). The fraction of sp³-hybridized carbons (Fsp3) is 0.190. The lowest BCUT2D eigenvalue weighted by atomic mass is 10.1. The second-order valence-electron chi connectivity index (χ2n) is 6.36. The van der Waals surface area contributed by atoms with Gasteiger partial charge in [0.05, 0.1) is 0 Å². The summed E-state index contributed by atoms with van der Waals surface area (Å²) in [6.45, 7) is 2.18. The second kappa shape index (κ2) is 9.36. The van der Waals surface area contributed by atoms with E-state index in [-0.39, 0.29) is 5.91 Å². The van der Waals surface area contributed by atoms with E-state index < -0.39 is 0 Å². The van der Waals surface area contributed by atoms with E-state index in [4.69, 9.17) is 5.73 Å². The molecular formula is C21H24N6O. The van der Waals surface area contributed by atoms with Crippen LogP contribution in [0.15, 0.2) is 60.9 Å². The highest BCUT2D eigenvalue weighted by Crippen LogP contribution is 2.25. The van der Waals surface area contributed by atoms with Crippen LogP contribution < -0.4 is 21.9 Å². The highest BCUT2D eigenvalue weighted by molar-refractivity contribution is 5.95. The number of anilines is 4. The lowest BCUT2D eigenvalue weighted by Gasteiger charge is -2.13. The number of nitrogens with one attached hydrogen (secondary N) is 3. The molecule has 28 heavy (non-hydrogen) atoms. The summed E-state index contributed by atoms with van der Waals surface area (Å²) < 4.78 is 0. The maximum absolute atomic E-state index is 12.1. The summed E-state index contributed by atoms with van der Waals surface area (Å²) >= 11 is 0. The van der Waals surface area contributed by atoms with Crippen LogP contribution in [0, 0.1) is 0 Å². The van der Waals surface area contributed by atoms with Crippen molar-refractivity contribution in [3.05, 3.63) is 72.1 Å². The first-order chi connectivity index (χ1) is 13.7. The molecule has 1 amide bonds. The van der Waals surface area contributed by atoms with Crippen molar-refractivity contribution in [1.82, 2.24) is 15.4 Å². The fourth-order valence-electron chi connectivity index (χ4n) is 2.64. The van der Waals surface area contributed by atoms with Crippen LogP contribution in [-0.2, 0) is 6.42 Å². The van der Waals surface area contributed by atoms with E-state index in [2.05, 4.69) is 45.2 Å². The van der Waals surface area contributed by atoms with Crippen LogP contribution in [0.5, 0.6) is 0 Å². The van der Waals surface area contributed by atoms with Crippen LogP contribution in [-0.4, -0.2) is 15.9 Å². The molecule has 0 aliphatic heterocycles. The Balaban J connectivity index is 1.65. The first-order valence-electron chi connectivity index (χ1n) is 9.25. The normalized spacial score (nSPS) is 10.3. The third-order valence-electron chi connectivity index (χ3n) is 4.25. The molecule has 7 heteroatoms. The molecular weight excluding hydrogens is 352 g/mol. The molecule has 0 spiro atoms. The van der Waals surface area contributed by atoms with Gasteiger partial charge in [-0.15, -0.1) is 0 Å². The molecule has 7 nitrogen and oxygen atoms in total. The maximum atomic E-state index is 12.1. The van der Waals surface area contributed by atoms with Crippen molar-refractivity contribution in [2.45, 2.75) is 26.2 Å². The van der Waals surface area contributed by atoms with E-state index in [1.54, 1.807) is 24.3 Å². The van der Waals surface area contributed by atoms with Crippen molar-refractivity contribution in [3.8, 4) is 0 Å². The monoisotopic (exact) mass is 376 g/mol. The predicted molar refractivity (Wildman–Crippen MR) is 112 cm³/mol. The van der Waals surface area contributed by atoms with Crippen LogP contribution in [0.3, 0.4) is 0 Å². The molecule has 0 fully saturated rings. The Morgan fingerprint density at radius 2 is 1.71 bits per heavy atom. The van der Waals surface area contributed by atoms with Gasteiger partial charge in [0.25, 0.3) is 5.91 Å². The van der Waals surface area contributed by atoms with E-state index in [1.165, 1.54) is 24.7 Å². The summed E-state index contributed by atoms with van der Waals surface area (Å²) in [4.78, 5) is 20.4. The topological polar surface area (TPSA) is 105 Å². The number of rotatable bonds is 8. The molecule has 3 aromatic rings. The lowest BCUT2D eigenvalue weighted by Crippen LogP contribution is -2.30. The summed E-state index contributed by atoms with van der Waals surface area (Å²) in [6, 6.07) is 17.1. The number of amides is 1. The zero-order valence-electron chi connectivity index (χ0n) is 15.8. The van der Waals surface area contributed by atoms with Crippen molar-refractivity contribution in [1.29, 1.82) is 0 Å². The maximum Gasteiger partial charge on any atom is 0.269 e. The first kappa shape index (κ1) is 19.2. The zero-order chi connectivity index (χ0) is 19.8. The minimum Gasteiger partial charge on any atom is -0.393 e. The average molecular weight is 376 g/mol. The summed E-state index contributed by atoms with van der Waals surface area (Å²) in [5, 5.41) is 3.19. The van der Waals surface area contributed by atoms with Gasteiger partial charge in [-0.25, -0.2) is 9.97 Å². The van der Waals surface area contributed by atoms with Gasteiger partial charge in [-0.05, 0) is 42.7 Å². The summed E-state index contributed by atoms with van der Waals surface area (Å²) in [6.07, 6.45) is 4.80. The molecule has 144 valence electrons. The molecule has 0 saturated heterocycles. The molecule has 5 N–H and O–H groups in total. The Morgan fingerprint density at radius 1 is 1.00 bits per heavy atom. The fourth-order valence-corrected chi connectivity index (χ4v) is 2.64. The minimum atomic E-state index is -0.282. The Hall–Kier alpha value is -3.61. The number of unbranched alkanes of at least 4 members (excludes halogenated alkanes) is 1. The van der Waals surface area contributed by atoms with Gasteiger partial charge in [-0.3, -0.25) is 15.6 Å². The summed E-state index contributed by atoms with van der Waals surface area (Å²) in [7, 11) is 0. The van der Waals surface area contributed by atoms with Crippen LogP contribution in [0.2, 0.25) is 0 Å². The van der Waals surface area contributed by atoms with Gasteiger partial charge < -0.3 is 11.1 Å². The Labute approximate surface area is 164 Å². The van der Waals surface area contributed by atoms with Crippen molar-refractivity contribution >= 4 is 28.9 Å². The molecule has 0 bridgehead atoms. The second-order valence-corrected chi connectivity index (χ2v) is 6.36. The number of aryl methyl sites for hydroxylation is 1. The molecule has 0 aliphatic rings.